The van der Waals surface area contributed by atoms with Crippen molar-refractivity contribution >= 4 is 5.91 Å². The molecular formula is C16H16FNO2. The number of benzene rings is 2. The number of hydrogen-bond donors (Lipinski definition) is 1. The Morgan fingerprint density at radius 1 is 1.25 bits per heavy atom. The fraction of sp³-hybridized carbons (Fsp3) is 0.188. The Morgan fingerprint density at radius 2 is 2.05 bits per heavy atom. The molecule has 0 heterocycles. The van der Waals surface area contributed by atoms with Gasteiger partial charge in [-0.25, -0.2) is 4.39 Å². The summed E-state index contributed by atoms with van der Waals surface area (Å²) in [5.74, 6) is 0.141. The predicted octanol–water partition coefficient (Wildman–Crippen LogP) is 3.07. The lowest BCUT2D eigenvalue weighted by Crippen LogP contribution is -2.22. The van der Waals surface area contributed by atoms with E-state index in [1.165, 1.54) is 6.07 Å². The molecule has 0 unspecified atom stereocenters. The number of nitrogens with one attached hydrogen (secondary N) is 1. The Morgan fingerprint density at radius 3 is 2.75 bits per heavy atom. The third-order valence-corrected chi connectivity index (χ3v) is 3.02. The van der Waals surface area contributed by atoms with E-state index in [9.17, 15) is 9.18 Å². The summed E-state index contributed by atoms with van der Waals surface area (Å²) in [4.78, 5) is 12.0. The monoisotopic (exact) mass is 273 g/mol. The summed E-state index contributed by atoms with van der Waals surface area (Å²) in [5.41, 5.74) is 1.83. The summed E-state index contributed by atoms with van der Waals surface area (Å²) in [6.07, 6.45) is 0. The number of halogens is 1. The molecule has 0 aromatic heterocycles. The number of carbonyl (C=O) groups is 1. The van der Waals surface area contributed by atoms with Gasteiger partial charge in [-0.3, -0.25) is 4.79 Å². The van der Waals surface area contributed by atoms with Crippen molar-refractivity contribution in [3.05, 3.63) is 65.0 Å². The third kappa shape index (κ3) is 3.35. The second kappa shape index (κ2) is 6.19. The minimum absolute atomic E-state index is 0.218. The topological polar surface area (TPSA) is 38.3 Å². The fourth-order valence-electron chi connectivity index (χ4n) is 1.80. The van der Waals surface area contributed by atoms with Gasteiger partial charge in [0.25, 0.3) is 5.91 Å². The summed E-state index contributed by atoms with van der Waals surface area (Å²) < 4.78 is 18.5. The highest BCUT2D eigenvalue weighted by atomic mass is 19.1. The quantitative estimate of drug-likeness (QED) is 0.929. The first-order chi connectivity index (χ1) is 9.60. The maximum absolute atomic E-state index is 13.4. The van der Waals surface area contributed by atoms with Crippen LogP contribution in [0.3, 0.4) is 0 Å². The minimum atomic E-state index is -0.266. The molecule has 1 N–H and O–H groups in total. The van der Waals surface area contributed by atoms with E-state index in [2.05, 4.69) is 5.32 Å². The molecule has 0 atom stereocenters. The van der Waals surface area contributed by atoms with Gasteiger partial charge in [0.15, 0.2) is 0 Å². The molecule has 0 saturated heterocycles. The van der Waals surface area contributed by atoms with Crippen molar-refractivity contribution < 1.29 is 13.9 Å². The highest BCUT2D eigenvalue weighted by molar-refractivity contribution is 5.94. The average molecular weight is 273 g/mol. The Kier molecular flexibility index (Phi) is 4.35. The minimum Gasteiger partial charge on any atom is -0.497 e. The van der Waals surface area contributed by atoms with Gasteiger partial charge in [0.1, 0.15) is 11.6 Å². The second-order valence-electron chi connectivity index (χ2n) is 4.50. The van der Waals surface area contributed by atoms with Crippen molar-refractivity contribution in [1.29, 1.82) is 0 Å². The first-order valence-corrected chi connectivity index (χ1v) is 6.27. The van der Waals surface area contributed by atoms with E-state index in [0.717, 1.165) is 5.56 Å². The van der Waals surface area contributed by atoms with Gasteiger partial charge in [0.2, 0.25) is 0 Å². The van der Waals surface area contributed by atoms with Crippen LogP contribution in [-0.4, -0.2) is 13.0 Å². The lowest BCUT2D eigenvalue weighted by molar-refractivity contribution is 0.0950. The van der Waals surface area contributed by atoms with Crippen LogP contribution in [0.4, 0.5) is 4.39 Å². The van der Waals surface area contributed by atoms with Crippen LogP contribution in [0.1, 0.15) is 21.5 Å². The molecular weight excluding hydrogens is 257 g/mol. The second-order valence-corrected chi connectivity index (χ2v) is 4.50. The van der Waals surface area contributed by atoms with Gasteiger partial charge < -0.3 is 10.1 Å². The van der Waals surface area contributed by atoms with E-state index in [1.54, 1.807) is 50.4 Å². The highest BCUT2D eigenvalue weighted by Crippen LogP contribution is 2.13. The van der Waals surface area contributed by atoms with Gasteiger partial charge in [-0.05, 0) is 42.3 Å². The van der Waals surface area contributed by atoms with Crippen LogP contribution in [0.25, 0.3) is 0 Å². The summed E-state index contributed by atoms with van der Waals surface area (Å²) >= 11 is 0. The van der Waals surface area contributed by atoms with Gasteiger partial charge in [-0.2, -0.15) is 0 Å². The fourth-order valence-corrected chi connectivity index (χ4v) is 1.80. The zero-order valence-corrected chi connectivity index (χ0v) is 11.4. The summed E-state index contributed by atoms with van der Waals surface area (Å²) in [5, 5.41) is 2.75. The molecule has 0 aliphatic heterocycles. The number of rotatable bonds is 4. The van der Waals surface area contributed by atoms with E-state index in [0.29, 0.717) is 16.9 Å². The van der Waals surface area contributed by atoms with Crippen molar-refractivity contribution in [2.24, 2.45) is 0 Å². The van der Waals surface area contributed by atoms with Crippen molar-refractivity contribution in [2.75, 3.05) is 7.11 Å². The first-order valence-electron chi connectivity index (χ1n) is 6.27. The number of hydrogen-bond acceptors (Lipinski definition) is 2. The van der Waals surface area contributed by atoms with E-state index in [1.807, 2.05) is 0 Å². The summed E-state index contributed by atoms with van der Waals surface area (Å²) in [7, 11) is 1.55. The number of aryl methyl sites for hydroxylation is 1. The first kappa shape index (κ1) is 14.1. The van der Waals surface area contributed by atoms with E-state index < -0.39 is 0 Å². The van der Waals surface area contributed by atoms with Gasteiger partial charge in [-0.1, -0.05) is 18.2 Å². The maximum Gasteiger partial charge on any atom is 0.251 e. The number of carbonyl (C=O) groups excluding carboxylic acids is 1. The highest BCUT2D eigenvalue weighted by Gasteiger charge is 2.07. The zero-order valence-electron chi connectivity index (χ0n) is 11.4. The molecule has 4 heteroatoms. The molecule has 2 aromatic carbocycles. The molecule has 20 heavy (non-hydrogen) atoms. The molecule has 2 aromatic rings. The van der Waals surface area contributed by atoms with Crippen LogP contribution in [-0.2, 0) is 6.54 Å². The Labute approximate surface area is 117 Å². The van der Waals surface area contributed by atoms with Crippen LogP contribution < -0.4 is 10.1 Å². The zero-order chi connectivity index (χ0) is 14.5. The molecule has 104 valence electrons. The Hall–Kier alpha value is -2.36. The van der Waals surface area contributed by atoms with Gasteiger partial charge in [0.05, 0.1) is 7.11 Å². The van der Waals surface area contributed by atoms with E-state index in [-0.39, 0.29) is 18.3 Å². The Balaban J connectivity index is 2.02. The van der Waals surface area contributed by atoms with Gasteiger partial charge in [0, 0.05) is 12.1 Å². The van der Waals surface area contributed by atoms with Crippen molar-refractivity contribution in [2.45, 2.75) is 13.5 Å². The van der Waals surface area contributed by atoms with E-state index >= 15 is 0 Å². The van der Waals surface area contributed by atoms with Gasteiger partial charge in [-0.15, -0.1) is 0 Å². The SMILES string of the molecule is COc1cccc(C(=O)NCc2ccc(C)c(F)c2)c1. The largest absolute Gasteiger partial charge is 0.497 e. The number of methoxy groups -OCH3 is 1. The molecule has 1 amide bonds. The van der Waals surface area contributed by atoms with Crippen molar-refractivity contribution in [3.8, 4) is 5.75 Å². The van der Waals surface area contributed by atoms with Crippen LogP contribution in [0.15, 0.2) is 42.5 Å². The lowest BCUT2D eigenvalue weighted by Gasteiger charge is -2.07. The number of amides is 1. The molecule has 3 nitrogen and oxygen atoms in total. The molecule has 0 saturated carbocycles. The van der Waals surface area contributed by atoms with Crippen LogP contribution >= 0.6 is 0 Å². The smallest absolute Gasteiger partial charge is 0.251 e. The molecule has 2 rings (SSSR count). The predicted molar refractivity (Wildman–Crippen MR) is 75.3 cm³/mol. The lowest BCUT2D eigenvalue weighted by atomic mass is 10.1. The molecule has 0 spiro atoms. The van der Waals surface area contributed by atoms with Crippen molar-refractivity contribution in [3.63, 3.8) is 0 Å². The van der Waals surface area contributed by atoms with E-state index in [4.69, 9.17) is 4.74 Å². The Bertz CT molecular complexity index is 626. The van der Waals surface area contributed by atoms with Crippen LogP contribution in [0.5, 0.6) is 5.75 Å². The third-order valence-electron chi connectivity index (χ3n) is 3.02. The summed E-state index contributed by atoms with van der Waals surface area (Å²) in [6, 6.07) is 11.8. The molecule has 0 radical (unpaired) electrons. The standard InChI is InChI=1S/C16H16FNO2/c1-11-6-7-12(8-15(11)17)10-18-16(19)13-4-3-5-14(9-13)20-2/h3-9H,10H2,1-2H3,(H,18,19). The molecule has 0 fully saturated rings. The van der Waals surface area contributed by atoms with Crippen molar-refractivity contribution in [1.82, 2.24) is 5.32 Å². The average Bonchev–Trinajstić information content (AvgIpc) is 2.48. The maximum atomic E-state index is 13.4. The normalized spacial score (nSPS) is 10.2. The molecule has 0 aliphatic carbocycles. The summed E-state index contributed by atoms with van der Waals surface area (Å²) in [6.45, 7) is 1.99. The molecule has 0 bridgehead atoms. The molecule has 0 aliphatic rings. The van der Waals surface area contributed by atoms with Crippen LogP contribution in [0, 0.1) is 12.7 Å². The van der Waals surface area contributed by atoms with Crippen LogP contribution in [0.2, 0.25) is 0 Å². The van der Waals surface area contributed by atoms with Gasteiger partial charge >= 0.3 is 0 Å². The number of ether oxygens (including phenoxy) is 1.